The van der Waals surface area contributed by atoms with E-state index in [-0.39, 0.29) is 11.5 Å². The molecule has 3 atom stereocenters. The molecule has 0 spiro atoms. The highest BCUT2D eigenvalue weighted by atomic mass is 16.4. The van der Waals surface area contributed by atoms with Gasteiger partial charge in [0.25, 0.3) is 0 Å². The maximum Gasteiger partial charge on any atom is 0.407 e. The Balaban J connectivity index is 2.00. The summed E-state index contributed by atoms with van der Waals surface area (Å²) in [5, 5.41) is 9.28. The van der Waals surface area contributed by atoms with Crippen LogP contribution in [0, 0.1) is 11.3 Å². The van der Waals surface area contributed by atoms with Gasteiger partial charge in [-0.2, -0.15) is 0 Å². The number of rotatable bonds is 2. The van der Waals surface area contributed by atoms with E-state index in [1.807, 2.05) is 30.3 Å². The van der Waals surface area contributed by atoms with Crippen LogP contribution in [-0.2, 0) is 0 Å². The van der Waals surface area contributed by atoms with E-state index in [0.29, 0.717) is 19.0 Å². The summed E-state index contributed by atoms with van der Waals surface area (Å²) in [6.45, 7) is 1.20. The van der Waals surface area contributed by atoms with Crippen LogP contribution in [0.1, 0.15) is 18.0 Å². The minimum atomic E-state index is -0.834. The molecule has 1 amide bonds. The fourth-order valence-corrected chi connectivity index (χ4v) is 3.33. The van der Waals surface area contributed by atoms with Gasteiger partial charge in [-0.1, -0.05) is 30.3 Å². The molecule has 1 aliphatic carbocycles. The van der Waals surface area contributed by atoms with Crippen molar-refractivity contribution in [2.24, 2.45) is 17.1 Å². The van der Waals surface area contributed by atoms with Crippen molar-refractivity contribution in [1.82, 2.24) is 4.90 Å². The zero-order valence-corrected chi connectivity index (χ0v) is 9.54. The Hall–Kier alpha value is -1.55. The average molecular weight is 232 g/mol. The van der Waals surface area contributed by atoms with E-state index in [9.17, 15) is 9.90 Å². The maximum atomic E-state index is 11.3. The van der Waals surface area contributed by atoms with Crippen molar-refractivity contribution in [2.75, 3.05) is 13.1 Å². The fourth-order valence-electron chi connectivity index (χ4n) is 3.33. The lowest BCUT2D eigenvalue weighted by atomic mass is 9.90. The first-order valence-corrected chi connectivity index (χ1v) is 5.93. The second-order valence-electron chi connectivity index (χ2n) is 5.09. The van der Waals surface area contributed by atoms with Crippen molar-refractivity contribution >= 4 is 6.09 Å². The van der Waals surface area contributed by atoms with Crippen molar-refractivity contribution in [3.8, 4) is 0 Å². The van der Waals surface area contributed by atoms with Gasteiger partial charge in [-0.05, 0) is 17.9 Å². The summed E-state index contributed by atoms with van der Waals surface area (Å²) in [6, 6.07) is 9.79. The lowest BCUT2D eigenvalue weighted by molar-refractivity contribution is 0.122. The number of nitrogens with zero attached hydrogens (tertiary/aromatic N) is 1. The summed E-state index contributed by atoms with van der Waals surface area (Å²) >= 11 is 0. The molecule has 0 radical (unpaired) electrons. The van der Waals surface area contributed by atoms with Crippen molar-refractivity contribution in [3.05, 3.63) is 35.9 Å². The lowest BCUT2D eigenvalue weighted by Gasteiger charge is -2.30. The predicted octanol–water partition coefficient (Wildman–Crippen LogP) is 1.69. The van der Waals surface area contributed by atoms with E-state index in [4.69, 9.17) is 5.73 Å². The number of piperidine rings is 1. The zero-order chi connectivity index (χ0) is 12.0. The molecule has 17 heavy (non-hydrogen) atoms. The Bertz CT molecular complexity index is 444. The molecule has 1 unspecified atom stereocenters. The highest BCUT2D eigenvalue weighted by Gasteiger charge is 2.66. The molecule has 2 aliphatic rings. The van der Waals surface area contributed by atoms with Crippen LogP contribution in [0.4, 0.5) is 4.79 Å². The molecular formula is C13H16N2O2. The van der Waals surface area contributed by atoms with E-state index in [1.54, 1.807) is 4.90 Å². The summed E-state index contributed by atoms with van der Waals surface area (Å²) in [7, 11) is 0. The summed E-state index contributed by atoms with van der Waals surface area (Å²) in [4.78, 5) is 12.8. The molecule has 0 bridgehead atoms. The van der Waals surface area contributed by atoms with E-state index in [2.05, 4.69) is 0 Å². The molecule has 3 rings (SSSR count). The number of likely N-dealkylation sites (tertiary alicyclic amines) is 1. The molecular weight excluding hydrogens is 216 g/mol. The summed E-state index contributed by atoms with van der Waals surface area (Å²) in [6.07, 6.45) is 0.228. The number of nitrogens with two attached hydrogens (primary N) is 1. The summed E-state index contributed by atoms with van der Waals surface area (Å²) in [5.41, 5.74) is 6.95. The average Bonchev–Trinajstić information content (AvgIpc) is 2.96. The Kier molecular flexibility index (Phi) is 2.16. The minimum Gasteiger partial charge on any atom is -0.465 e. The van der Waals surface area contributed by atoms with Crippen molar-refractivity contribution in [3.63, 3.8) is 0 Å². The quantitative estimate of drug-likeness (QED) is 0.815. The largest absolute Gasteiger partial charge is 0.465 e. The SMILES string of the molecule is NC[C@@]12CC1CN(C(=O)O)[C@H]2c1ccccc1. The summed E-state index contributed by atoms with van der Waals surface area (Å²) in [5.74, 6) is 0.453. The zero-order valence-electron chi connectivity index (χ0n) is 9.54. The highest BCUT2D eigenvalue weighted by Crippen LogP contribution is 2.66. The Morgan fingerprint density at radius 1 is 1.47 bits per heavy atom. The number of amides is 1. The second-order valence-corrected chi connectivity index (χ2v) is 5.09. The van der Waals surface area contributed by atoms with Crippen LogP contribution in [0.5, 0.6) is 0 Å². The van der Waals surface area contributed by atoms with Crippen LogP contribution in [0.15, 0.2) is 30.3 Å². The van der Waals surface area contributed by atoms with Gasteiger partial charge in [0.1, 0.15) is 0 Å². The van der Waals surface area contributed by atoms with Crippen molar-refractivity contribution < 1.29 is 9.90 Å². The van der Waals surface area contributed by atoms with E-state index in [1.165, 1.54) is 0 Å². The van der Waals surface area contributed by atoms with Gasteiger partial charge in [0.05, 0.1) is 6.04 Å². The number of carbonyl (C=O) groups is 1. The molecule has 4 heteroatoms. The number of carboxylic acid groups (broad SMARTS) is 1. The fraction of sp³-hybridized carbons (Fsp3) is 0.462. The molecule has 3 N–H and O–H groups in total. The topological polar surface area (TPSA) is 66.6 Å². The standard InChI is InChI=1S/C13H16N2O2/c14-8-13-6-10(13)7-15(12(16)17)11(13)9-4-2-1-3-5-9/h1-5,10-11H,6-8,14H2,(H,16,17)/t10?,11-,13-/m0/s1. The predicted molar refractivity (Wildman–Crippen MR) is 63.5 cm³/mol. The number of benzene rings is 1. The summed E-state index contributed by atoms with van der Waals surface area (Å²) < 4.78 is 0. The molecule has 4 nitrogen and oxygen atoms in total. The normalized spacial score (nSPS) is 34.5. The molecule has 1 aromatic carbocycles. The molecule has 1 aliphatic heterocycles. The molecule has 1 heterocycles. The maximum absolute atomic E-state index is 11.3. The third kappa shape index (κ3) is 1.37. The Morgan fingerprint density at radius 2 is 2.18 bits per heavy atom. The molecule has 90 valence electrons. The van der Waals surface area contributed by atoms with E-state index < -0.39 is 6.09 Å². The van der Waals surface area contributed by atoms with E-state index in [0.717, 1.165) is 12.0 Å². The first-order valence-electron chi connectivity index (χ1n) is 5.93. The van der Waals surface area contributed by atoms with Gasteiger partial charge in [-0.25, -0.2) is 4.79 Å². The first-order chi connectivity index (χ1) is 8.19. The first kappa shape index (κ1) is 10.6. The van der Waals surface area contributed by atoms with Crippen LogP contribution < -0.4 is 5.73 Å². The molecule has 1 aromatic rings. The second kappa shape index (κ2) is 3.47. The van der Waals surface area contributed by atoms with E-state index >= 15 is 0 Å². The third-order valence-electron chi connectivity index (χ3n) is 4.29. The van der Waals surface area contributed by atoms with Crippen LogP contribution >= 0.6 is 0 Å². The number of hydrogen-bond acceptors (Lipinski definition) is 2. The highest BCUT2D eigenvalue weighted by molar-refractivity contribution is 5.67. The minimum absolute atomic E-state index is 0.000255. The van der Waals surface area contributed by atoms with Gasteiger partial charge in [0, 0.05) is 18.5 Å². The Labute approximate surface area is 100 Å². The van der Waals surface area contributed by atoms with Gasteiger partial charge in [-0.15, -0.1) is 0 Å². The van der Waals surface area contributed by atoms with Crippen LogP contribution in [0.2, 0.25) is 0 Å². The van der Waals surface area contributed by atoms with Gasteiger partial charge in [0.15, 0.2) is 0 Å². The molecule has 1 saturated carbocycles. The molecule has 2 fully saturated rings. The van der Waals surface area contributed by atoms with Crippen LogP contribution in [-0.4, -0.2) is 29.2 Å². The van der Waals surface area contributed by atoms with Crippen LogP contribution in [0.25, 0.3) is 0 Å². The van der Waals surface area contributed by atoms with Crippen molar-refractivity contribution in [1.29, 1.82) is 0 Å². The van der Waals surface area contributed by atoms with Crippen LogP contribution in [0.3, 0.4) is 0 Å². The molecule has 1 saturated heterocycles. The number of fused-ring (bicyclic) bond motifs is 1. The lowest BCUT2D eigenvalue weighted by Crippen LogP contribution is -2.36. The van der Waals surface area contributed by atoms with Gasteiger partial charge in [-0.3, -0.25) is 0 Å². The van der Waals surface area contributed by atoms with Gasteiger partial charge < -0.3 is 15.7 Å². The smallest absolute Gasteiger partial charge is 0.407 e. The Morgan fingerprint density at radius 3 is 2.76 bits per heavy atom. The third-order valence-corrected chi connectivity index (χ3v) is 4.29. The molecule has 0 aromatic heterocycles. The number of hydrogen-bond donors (Lipinski definition) is 2. The van der Waals surface area contributed by atoms with Crippen molar-refractivity contribution in [2.45, 2.75) is 12.5 Å². The monoisotopic (exact) mass is 232 g/mol. The van der Waals surface area contributed by atoms with Gasteiger partial charge in [0.2, 0.25) is 0 Å². The van der Waals surface area contributed by atoms with Gasteiger partial charge >= 0.3 is 6.09 Å².